The van der Waals surface area contributed by atoms with Gasteiger partial charge in [-0.2, -0.15) is 0 Å². The fraction of sp³-hybridized carbons (Fsp3) is 0.250. The number of nitrogens with two attached hydrogens (primary N) is 1. The molecule has 6 heteroatoms. The Hall–Kier alpha value is -1.69. The zero-order valence-electron chi connectivity index (χ0n) is 9.64. The molecule has 0 atom stereocenters. The van der Waals surface area contributed by atoms with Crippen LogP contribution >= 0.6 is 12.2 Å². The maximum Gasteiger partial charge on any atom is 0.171 e. The van der Waals surface area contributed by atoms with Crippen LogP contribution in [0.25, 0.3) is 0 Å². The molecule has 1 aliphatic heterocycles. The van der Waals surface area contributed by atoms with Crippen molar-refractivity contribution in [3.63, 3.8) is 0 Å². The number of halogens is 2. The lowest BCUT2D eigenvalue weighted by Crippen LogP contribution is -2.34. The van der Waals surface area contributed by atoms with Crippen molar-refractivity contribution in [3.8, 4) is 0 Å². The van der Waals surface area contributed by atoms with Crippen LogP contribution in [0.2, 0.25) is 0 Å². The van der Waals surface area contributed by atoms with Crippen molar-refractivity contribution in [1.82, 2.24) is 9.80 Å². The molecule has 0 spiro atoms. The molecular formula is C12H13F2N3S. The topological polar surface area (TPSA) is 32.5 Å². The Morgan fingerprint density at radius 3 is 2.78 bits per heavy atom. The third-order valence-electron chi connectivity index (χ3n) is 2.75. The van der Waals surface area contributed by atoms with Gasteiger partial charge < -0.3 is 15.5 Å². The molecule has 0 saturated carbocycles. The maximum absolute atomic E-state index is 13.4. The number of hydrogen-bond acceptors (Lipinski definition) is 2. The van der Waals surface area contributed by atoms with E-state index < -0.39 is 5.82 Å². The van der Waals surface area contributed by atoms with Crippen molar-refractivity contribution in [2.75, 3.05) is 13.2 Å². The number of benzene rings is 1. The lowest BCUT2D eigenvalue weighted by Gasteiger charge is -2.19. The maximum atomic E-state index is 13.4. The highest BCUT2D eigenvalue weighted by molar-refractivity contribution is 7.80. The van der Waals surface area contributed by atoms with E-state index in [-0.39, 0.29) is 5.82 Å². The fourth-order valence-electron chi connectivity index (χ4n) is 1.75. The Morgan fingerprint density at radius 2 is 2.11 bits per heavy atom. The molecule has 0 fully saturated rings. The number of nitrogens with zero attached hydrogens (tertiary/aromatic N) is 2. The van der Waals surface area contributed by atoms with Crippen LogP contribution in [0.1, 0.15) is 5.56 Å². The van der Waals surface area contributed by atoms with Crippen molar-refractivity contribution >= 4 is 17.3 Å². The van der Waals surface area contributed by atoms with Crippen LogP contribution in [0, 0.1) is 11.6 Å². The molecule has 0 aromatic heterocycles. The van der Waals surface area contributed by atoms with E-state index in [9.17, 15) is 8.78 Å². The van der Waals surface area contributed by atoms with Gasteiger partial charge in [0.25, 0.3) is 0 Å². The molecule has 3 nitrogen and oxygen atoms in total. The third kappa shape index (κ3) is 2.95. The standard InChI is InChI=1S/C12H13F2N3S/c13-10-1-2-11(14)9(7-10)3-4-16-5-6-17(8-16)12(15)18/h1-2,5-7H,3-4,8H2,(H2,15,18). The summed E-state index contributed by atoms with van der Waals surface area (Å²) in [5.74, 6) is -0.807. The molecule has 2 N–H and O–H groups in total. The summed E-state index contributed by atoms with van der Waals surface area (Å²) in [7, 11) is 0. The second-order valence-corrected chi connectivity index (χ2v) is 4.46. The van der Waals surface area contributed by atoms with E-state index in [2.05, 4.69) is 0 Å². The molecule has 0 bridgehead atoms. The quantitative estimate of drug-likeness (QED) is 0.848. The predicted octanol–water partition coefficient (Wildman–Crippen LogP) is 1.80. The second kappa shape index (κ2) is 5.30. The summed E-state index contributed by atoms with van der Waals surface area (Å²) in [6.45, 7) is 1.13. The van der Waals surface area contributed by atoms with Gasteiger partial charge in [-0.3, -0.25) is 0 Å². The minimum Gasteiger partial charge on any atom is -0.376 e. The molecule has 1 aliphatic rings. The van der Waals surface area contributed by atoms with Gasteiger partial charge in [-0.05, 0) is 42.4 Å². The van der Waals surface area contributed by atoms with E-state index in [1.54, 1.807) is 11.1 Å². The van der Waals surface area contributed by atoms with Gasteiger partial charge in [0.1, 0.15) is 11.6 Å². The van der Waals surface area contributed by atoms with Gasteiger partial charge in [0.15, 0.2) is 5.11 Å². The predicted molar refractivity (Wildman–Crippen MR) is 69.4 cm³/mol. The van der Waals surface area contributed by atoms with Gasteiger partial charge in [0.2, 0.25) is 0 Å². The van der Waals surface area contributed by atoms with E-state index in [0.717, 1.165) is 12.1 Å². The monoisotopic (exact) mass is 269 g/mol. The van der Waals surface area contributed by atoms with Crippen LogP contribution in [-0.4, -0.2) is 28.1 Å². The summed E-state index contributed by atoms with van der Waals surface area (Å²) >= 11 is 4.84. The van der Waals surface area contributed by atoms with Gasteiger partial charge in [0, 0.05) is 18.9 Å². The molecule has 1 aromatic rings. The Bertz CT molecular complexity index is 490. The van der Waals surface area contributed by atoms with Crippen LogP contribution < -0.4 is 5.73 Å². The fourth-order valence-corrected chi connectivity index (χ4v) is 1.87. The highest BCUT2D eigenvalue weighted by atomic mass is 32.1. The first kappa shape index (κ1) is 12.8. The lowest BCUT2D eigenvalue weighted by atomic mass is 10.1. The largest absolute Gasteiger partial charge is 0.376 e. The average molecular weight is 269 g/mol. The summed E-state index contributed by atoms with van der Waals surface area (Å²) in [5.41, 5.74) is 5.85. The smallest absolute Gasteiger partial charge is 0.171 e. The molecule has 0 unspecified atom stereocenters. The van der Waals surface area contributed by atoms with E-state index in [1.807, 2.05) is 11.1 Å². The second-order valence-electron chi connectivity index (χ2n) is 4.05. The summed E-state index contributed by atoms with van der Waals surface area (Å²) < 4.78 is 26.4. The molecule has 18 heavy (non-hydrogen) atoms. The first-order valence-electron chi connectivity index (χ1n) is 5.48. The first-order chi connectivity index (χ1) is 8.56. The molecule has 2 rings (SSSR count). The highest BCUT2D eigenvalue weighted by Gasteiger charge is 2.14. The third-order valence-corrected chi connectivity index (χ3v) is 2.99. The van der Waals surface area contributed by atoms with Gasteiger partial charge in [-0.15, -0.1) is 0 Å². The average Bonchev–Trinajstić information content (AvgIpc) is 2.79. The minimum atomic E-state index is -0.423. The van der Waals surface area contributed by atoms with Gasteiger partial charge in [0.05, 0.1) is 6.67 Å². The molecule has 1 aromatic carbocycles. The Kier molecular flexibility index (Phi) is 3.76. The normalized spacial score (nSPS) is 14.3. The molecule has 0 radical (unpaired) electrons. The Balaban J connectivity index is 1.91. The van der Waals surface area contributed by atoms with E-state index in [1.165, 1.54) is 6.07 Å². The zero-order valence-corrected chi connectivity index (χ0v) is 10.5. The van der Waals surface area contributed by atoms with Crippen molar-refractivity contribution in [2.45, 2.75) is 6.42 Å². The number of thiocarbonyl (C=S) groups is 1. The minimum absolute atomic E-state index is 0.297. The molecule has 96 valence electrons. The van der Waals surface area contributed by atoms with Crippen LogP contribution in [-0.2, 0) is 6.42 Å². The highest BCUT2D eigenvalue weighted by Crippen LogP contribution is 2.13. The van der Waals surface area contributed by atoms with Crippen LogP contribution in [0.15, 0.2) is 30.6 Å². The summed E-state index contributed by atoms with van der Waals surface area (Å²) in [4.78, 5) is 3.64. The molecule has 1 heterocycles. The first-order valence-corrected chi connectivity index (χ1v) is 5.89. The zero-order chi connectivity index (χ0) is 13.1. The van der Waals surface area contributed by atoms with E-state index in [4.69, 9.17) is 18.0 Å². The van der Waals surface area contributed by atoms with Crippen molar-refractivity contribution in [1.29, 1.82) is 0 Å². The molecule has 0 aliphatic carbocycles. The molecular weight excluding hydrogens is 256 g/mol. The number of rotatable bonds is 3. The SMILES string of the molecule is NC(=S)N1C=CN(CCc2cc(F)ccc2F)C1. The van der Waals surface area contributed by atoms with Crippen LogP contribution in [0.3, 0.4) is 0 Å². The molecule has 0 saturated heterocycles. The van der Waals surface area contributed by atoms with Crippen molar-refractivity contribution in [3.05, 3.63) is 47.8 Å². The summed E-state index contributed by atoms with van der Waals surface area (Å²) in [6, 6.07) is 3.48. The summed E-state index contributed by atoms with van der Waals surface area (Å²) in [6.07, 6.45) is 4.03. The lowest BCUT2D eigenvalue weighted by molar-refractivity contribution is 0.333. The Labute approximate surface area is 109 Å². The Morgan fingerprint density at radius 1 is 1.33 bits per heavy atom. The van der Waals surface area contributed by atoms with E-state index >= 15 is 0 Å². The van der Waals surface area contributed by atoms with Crippen molar-refractivity contribution in [2.24, 2.45) is 5.73 Å². The summed E-state index contributed by atoms with van der Waals surface area (Å²) in [5, 5.41) is 0.297. The van der Waals surface area contributed by atoms with Crippen molar-refractivity contribution < 1.29 is 8.78 Å². The van der Waals surface area contributed by atoms with Gasteiger partial charge >= 0.3 is 0 Å². The van der Waals surface area contributed by atoms with Crippen LogP contribution in [0.5, 0.6) is 0 Å². The molecule has 0 amide bonds. The van der Waals surface area contributed by atoms with Crippen LogP contribution in [0.4, 0.5) is 8.78 Å². The van der Waals surface area contributed by atoms with Gasteiger partial charge in [-0.25, -0.2) is 8.78 Å². The van der Waals surface area contributed by atoms with Gasteiger partial charge in [-0.1, -0.05) is 0 Å². The number of hydrogen-bond donors (Lipinski definition) is 1. The van der Waals surface area contributed by atoms with E-state index in [0.29, 0.717) is 30.3 Å².